The van der Waals surface area contributed by atoms with Gasteiger partial charge in [0.1, 0.15) is 5.41 Å². The normalized spacial score (nSPS) is 25.5. The van der Waals surface area contributed by atoms with Gasteiger partial charge in [-0.1, -0.05) is 37.6 Å². The first kappa shape index (κ1) is 14.1. The van der Waals surface area contributed by atoms with Crippen molar-refractivity contribution in [1.82, 2.24) is 0 Å². The number of hydrogen-bond donors (Lipinski definition) is 1. The van der Waals surface area contributed by atoms with E-state index < -0.39 is 16.8 Å². The predicted octanol–water partition coefficient (Wildman–Crippen LogP) is 3.34. The number of hydrogen-bond acceptors (Lipinski definition) is 2. The van der Waals surface area contributed by atoms with Crippen molar-refractivity contribution in [1.29, 1.82) is 0 Å². The van der Waals surface area contributed by atoms with Gasteiger partial charge in [-0.25, -0.2) is 0 Å². The summed E-state index contributed by atoms with van der Waals surface area (Å²) >= 11 is 5.82. The van der Waals surface area contributed by atoms with Gasteiger partial charge in [0.15, 0.2) is 5.78 Å². The number of ketones is 1. The molecule has 1 aliphatic rings. The number of rotatable bonds is 3. The molecule has 0 heterocycles. The molecule has 1 aromatic carbocycles. The third-order valence-corrected chi connectivity index (χ3v) is 4.31. The minimum Gasteiger partial charge on any atom is -0.480 e. The van der Waals surface area contributed by atoms with Crippen LogP contribution in [0.25, 0.3) is 0 Å². The molecule has 0 aliphatic heterocycles. The number of carbonyl (C=O) groups is 2. The fraction of sp³-hybridized carbons (Fsp3) is 0.467. The van der Waals surface area contributed by atoms with Gasteiger partial charge in [0.25, 0.3) is 0 Å². The van der Waals surface area contributed by atoms with E-state index in [1.807, 2.05) is 13.8 Å². The Kier molecular flexibility index (Phi) is 3.43. The summed E-state index contributed by atoms with van der Waals surface area (Å²) in [6, 6.07) is 7.01. The molecule has 3 nitrogen and oxygen atoms in total. The number of carboxylic acid groups (broad SMARTS) is 1. The number of Topliss-reactive ketones (excluding diaryl/α,β-unsaturated/α-hetero) is 1. The topological polar surface area (TPSA) is 54.4 Å². The van der Waals surface area contributed by atoms with Crippen molar-refractivity contribution in [3.8, 4) is 0 Å². The van der Waals surface area contributed by atoms with Gasteiger partial charge in [0.05, 0.1) is 0 Å². The average Bonchev–Trinajstić information content (AvgIpc) is 2.57. The Labute approximate surface area is 117 Å². The highest BCUT2D eigenvalue weighted by Crippen LogP contribution is 2.47. The van der Waals surface area contributed by atoms with Crippen LogP contribution < -0.4 is 0 Å². The van der Waals surface area contributed by atoms with Crippen molar-refractivity contribution < 1.29 is 14.7 Å². The summed E-state index contributed by atoms with van der Waals surface area (Å²) in [5, 5.41) is 10.1. The lowest BCUT2D eigenvalue weighted by Gasteiger charge is -2.25. The van der Waals surface area contributed by atoms with Crippen LogP contribution in [0.5, 0.6) is 0 Å². The number of benzene rings is 1. The van der Waals surface area contributed by atoms with Gasteiger partial charge in [-0.05, 0) is 37.0 Å². The van der Waals surface area contributed by atoms with E-state index in [4.69, 9.17) is 11.6 Å². The number of carbonyl (C=O) groups excluding carboxylic acids is 1. The second-order valence-electron chi connectivity index (χ2n) is 5.90. The van der Waals surface area contributed by atoms with Crippen LogP contribution in [-0.2, 0) is 16.0 Å². The molecular weight excluding hydrogens is 264 g/mol. The summed E-state index contributed by atoms with van der Waals surface area (Å²) < 4.78 is 0. The van der Waals surface area contributed by atoms with Gasteiger partial charge in [-0.2, -0.15) is 0 Å². The van der Waals surface area contributed by atoms with E-state index in [1.165, 1.54) is 0 Å². The molecule has 0 radical (unpaired) electrons. The fourth-order valence-corrected chi connectivity index (χ4v) is 2.93. The molecule has 1 fully saturated rings. The molecule has 1 unspecified atom stereocenters. The summed E-state index contributed by atoms with van der Waals surface area (Å²) in [5.41, 5.74) is -1.000. The fourth-order valence-electron chi connectivity index (χ4n) is 2.80. The highest BCUT2D eigenvalue weighted by molar-refractivity contribution is 6.30. The molecule has 19 heavy (non-hydrogen) atoms. The lowest BCUT2D eigenvalue weighted by Crippen LogP contribution is -2.41. The lowest BCUT2D eigenvalue weighted by molar-refractivity contribution is -0.155. The second kappa shape index (κ2) is 4.64. The summed E-state index contributed by atoms with van der Waals surface area (Å²) in [4.78, 5) is 24.1. The molecule has 102 valence electrons. The molecule has 0 amide bonds. The summed E-state index contributed by atoms with van der Waals surface area (Å²) in [6.45, 7) is 3.64. The van der Waals surface area contributed by atoms with E-state index in [2.05, 4.69) is 0 Å². The number of carboxylic acids is 1. The lowest BCUT2D eigenvalue weighted by atomic mass is 9.76. The average molecular weight is 281 g/mol. The molecular formula is C15H17ClO3. The molecule has 1 aliphatic carbocycles. The van der Waals surface area contributed by atoms with Crippen LogP contribution in [0.4, 0.5) is 0 Å². The van der Waals surface area contributed by atoms with Crippen LogP contribution in [0.15, 0.2) is 24.3 Å². The van der Waals surface area contributed by atoms with Gasteiger partial charge < -0.3 is 5.11 Å². The van der Waals surface area contributed by atoms with Gasteiger partial charge >= 0.3 is 5.97 Å². The molecule has 0 bridgehead atoms. The number of halogens is 1. The van der Waals surface area contributed by atoms with E-state index in [0.717, 1.165) is 5.56 Å². The zero-order valence-electron chi connectivity index (χ0n) is 11.1. The van der Waals surface area contributed by atoms with E-state index >= 15 is 0 Å². The van der Waals surface area contributed by atoms with E-state index in [-0.39, 0.29) is 12.2 Å². The van der Waals surface area contributed by atoms with Crippen LogP contribution in [0, 0.1) is 10.8 Å². The highest BCUT2D eigenvalue weighted by Gasteiger charge is 2.56. The highest BCUT2D eigenvalue weighted by atomic mass is 35.5. The van der Waals surface area contributed by atoms with Gasteiger partial charge in [-0.3, -0.25) is 9.59 Å². The quantitative estimate of drug-likeness (QED) is 0.864. The number of aliphatic carboxylic acids is 1. The summed E-state index contributed by atoms with van der Waals surface area (Å²) in [6.07, 6.45) is 1.25. The van der Waals surface area contributed by atoms with Gasteiger partial charge in [-0.15, -0.1) is 0 Å². The molecule has 4 heteroatoms. The van der Waals surface area contributed by atoms with Crippen LogP contribution >= 0.6 is 11.6 Å². The third-order valence-electron chi connectivity index (χ3n) is 4.05. The Balaban J connectivity index is 2.35. The Morgan fingerprint density at radius 1 is 1.26 bits per heavy atom. The van der Waals surface area contributed by atoms with Crippen molar-refractivity contribution >= 4 is 23.4 Å². The first-order valence-corrected chi connectivity index (χ1v) is 6.68. The van der Waals surface area contributed by atoms with Gasteiger partial charge in [0, 0.05) is 10.4 Å². The van der Waals surface area contributed by atoms with Crippen LogP contribution in [0.3, 0.4) is 0 Å². The first-order valence-electron chi connectivity index (χ1n) is 6.31. The smallest absolute Gasteiger partial charge is 0.317 e. The minimum atomic E-state index is -1.28. The maximum absolute atomic E-state index is 12.5. The zero-order chi connectivity index (χ0) is 14.3. The van der Waals surface area contributed by atoms with Crippen molar-refractivity contribution in [2.24, 2.45) is 10.8 Å². The van der Waals surface area contributed by atoms with Crippen molar-refractivity contribution in [2.75, 3.05) is 0 Å². The van der Waals surface area contributed by atoms with Crippen molar-refractivity contribution in [2.45, 2.75) is 33.1 Å². The van der Waals surface area contributed by atoms with Crippen LogP contribution in [0.2, 0.25) is 5.02 Å². The Morgan fingerprint density at radius 3 is 2.26 bits per heavy atom. The van der Waals surface area contributed by atoms with Crippen molar-refractivity contribution in [3.63, 3.8) is 0 Å². The molecule has 1 atom stereocenters. The Hall–Kier alpha value is -1.35. The molecule has 0 aromatic heterocycles. The zero-order valence-corrected chi connectivity index (χ0v) is 11.8. The predicted molar refractivity (Wildman–Crippen MR) is 73.2 cm³/mol. The Bertz CT molecular complexity index is 519. The van der Waals surface area contributed by atoms with Crippen LogP contribution in [-0.4, -0.2) is 16.9 Å². The first-order chi connectivity index (χ1) is 8.78. The van der Waals surface area contributed by atoms with Crippen molar-refractivity contribution in [3.05, 3.63) is 34.9 Å². The van der Waals surface area contributed by atoms with E-state index in [0.29, 0.717) is 17.9 Å². The maximum atomic E-state index is 12.5. The minimum absolute atomic E-state index is 0.164. The molecule has 1 aromatic rings. The summed E-state index contributed by atoms with van der Waals surface area (Å²) in [5.74, 6) is -1.18. The van der Waals surface area contributed by atoms with Crippen LogP contribution in [0.1, 0.15) is 32.3 Å². The standard InChI is InChI=1S/C15H17ClO3/c1-14(2)7-8-15(12(14)17,13(18)19)9-10-3-5-11(16)6-4-10/h3-6H,7-9H2,1-2H3,(H,18,19). The monoisotopic (exact) mass is 280 g/mol. The second-order valence-corrected chi connectivity index (χ2v) is 6.34. The maximum Gasteiger partial charge on any atom is 0.317 e. The van der Waals surface area contributed by atoms with Gasteiger partial charge in [0.2, 0.25) is 0 Å². The largest absolute Gasteiger partial charge is 0.480 e. The SMILES string of the molecule is CC1(C)CCC(Cc2ccc(Cl)cc2)(C(=O)O)C1=O. The molecule has 0 spiro atoms. The molecule has 1 N–H and O–H groups in total. The third kappa shape index (κ3) is 2.39. The Morgan fingerprint density at radius 2 is 1.84 bits per heavy atom. The molecule has 1 saturated carbocycles. The molecule has 0 saturated heterocycles. The summed E-state index contributed by atoms with van der Waals surface area (Å²) in [7, 11) is 0. The molecule has 2 rings (SSSR count). The van der Waals surface area contributed by atoms with E-state index in [1.54, 1.807) is 24.3 Å². The van der Waals surface area contributed by atoms with E-state index in [9.17, 15) is 14.7 Å².